The quantitative estimate of drug-likeness (QED) is 0.563. The van der Waals surface area contributed by atoms with Crippen LogP contribution in [-0.2, 0) is 20.8 Å². The zero-order valence-corrected chi connectivity index (χ0v) is 22.0. The predicted molar refractivity (Wildman–Crippen MR) is 131 cm³/mol. The van der Waals surface area contributed by atoms with Crippen LogP contribution in [-0.4, -0.2) is 68.4 Å². The van der Waals surface area contributed by atoms with Crippen LogP contribution in [0.5, 0.6) is 0 Å². The van der Waals surface area contributed by atoms with E-state index in [2.05, 4.69) is 31.4 Å². The summed E-state index contributed by atoms with van der Waals surface area (Å²) in [6.07, 6.45) is -1.00. The van der Waals surface area contributed by atoms with Crippen molar-refractivity contribution in [3.63, 3.8) is 0 Å². The minimum atomic E-state index is -4.58. The first-order valence-electron chi connectivity index (χ1n) is 12.2. The number of rotatable bonds is 7. The maximum Gasteiger partial charge on any atom is 0.416 e. The Hall–Kier alpha value is -2.14. The van der Waals surface area contributed by atoms with Crippen LogP contribution in [0.15, 0.2) is 24.3 Å². The molecule has 1 saturated carbocycles. The molecule has 1 heterocycles. The second-order valence-electron chi connectivity index (χ2n) is 11.3. The molecule has 2 aliphatic rings. The standard InChI is InChI=1S/C25H36F3N3O4S/c1-24(2,3)15-29-19-8-9-21(17(13-19)14-36(4,34)35)31-11-10-20(23(31)33)30-22(32)16-6-5-7-18(12-16)25(26,27)28/h5-7,12,17,19-21,29H,8-11,13-15H2,1-4H3,(H,30,32)/t17-,19-,20+,21+/m1/s1. The van der Waals surface area contributed by atoms with Crippen LogP contribution in [0.4, 0.5) is 13.2 Å². The zero-order chi connectivity index (χ0) is 26.9. The lowest BCUT2D eigenvalue weighted by Crippen LogP contribution is -2.52. The highest BCUT2D eigenvalue weighted by Gasteiger charge is 2.43. The van der Waals surface area contributed by atoms with Gasteiger partial charge in [-0.1, -0.05) is 26.8 Å². The SMILES string of the molecule is CC(C)(C)CN[C@@H]1CC[C@H](N2CC[C@H](NC(=O)c3cccc(C(F)(F)F)c3)C2=O)[C@@H](CS(C)(=O)=O)C1. The number of carbonyl (C=O) groups is 2. The van der Waals surface area contributed by atoms with E-state index in [0.29, 0.717) is 25.8 Å². The van der Waals surface area contributed by atoms with Crippen LogP contribution >= 0.6 is 0 Å². The van der Waals surface area contributed by atoms with E-state index in [1.165, 1.54) is 12.3 Å². The summed E-state index contributed by atoms with van der Waals surface area (Å²) in [4.78, 5) is 27.5. The Labute approximate surface area is 211 Å². The van der Waals surface area contributed by atoms with E-state index in [0.717, 1.165) is 31.2 Å². The molecule has 1 aromatic rings. The van der Waals surface area contributed by atoms with Crippen LogP contribution in [0, 0.1) is 11.3 Å². The first kappa shape index (κ1) is 28.4. The molecule has 11 heteroatoms. The minimum absolute atomic E-state index is 0.0313. The number of hydrogen-bond acceptors (Lipinski definition) is 5. The number of benzene rings is 1. The van der Waals surface area contributed by atoms with E-state index in [1.54, 1.807) is 4.90 Å². The molecule has 2 amide bonds. The van der Waals surface area contributed by atoms with Crippen LogP contribution in [0.3, 0.4) is 0 Å². The van der Waals surface area contributed by atoms with Crippen LogP contribution in [0.2, 0.25) is 0 Å². The van der Waals surface area contributed by atoms with Gasteiger partial charge in [0.05, 0.1) is 11.3 Å². The average Bonchev–Trinajstić information content (AvgIpc) is 3.10. The summed E-state index contributed by atoms with van der Waals surface area (Å²) < 4.78 is 63.3. The number of carbonyl (C=O) groups excluding carboxylic acids is 2. The van der Waals surface area contributed by atoms with Gasteiger partial charge in [-0.25, -0.2) is 8.42 Å². The first-order valence-corrected chi connectivity index (χ1v) is 14.3. The van der Waals surface area contributed by atoms with Gasteiger partial charge in [-0.15, -0.1) is 0 Å². The van der Waals surface area contributed by atoms with Crippen molar-refractivity contribution < 1.29 is 31.2 Å². The summed E-state index contributed by atoms with van der Waals surface area (Å²) in [7, 11) is -3.28. The third-order valence-corrected chi connectivity index (χ3v) is 7.81. The fourth-order valence-corrected chi connectivity index (χ4v) is 6.24. The number of sulfone groups is 1. The number of amides is 2. The molecule has 0 unspecified atom stereocenters. The summed E-state index contributed by atoms with van der Waals surface area (Å²) in [5.41, 5.74) is -1.02. The molecule has 4 atom stereocenters. The second kappa shape index (κ2) is 10.7. The first-order chi connectivity index (χ1) is 16.5. The van der Waals surface area contributed by atoms with E-state index in [4.69, 9.17) is 0 Å². The van der Waals surface area contributed by atoms with Gasteiger partial charge in [0.15, 0.2) is 0 Å². The smallest absolute Gasteiger partial charge is 0.340 e. The van der Waals surface area contributed by atoms with Gasteiger partial charge in [0.1, 0.15) is 15.9 Å². The van der Waals surface area contributed by atoms with Crippen molar-refractivity contribution in [2.45, 2.75) is 70.8 Å². The molecule has 1 aromatic carbocycles. The molecule has 1 aliphatic heterocycles. The molecular weight excluding hydrogens is 495 g/mol. The summed E-state index contributed by atoms with van der Waals surface area (Å²) in [5, 5.41) is 6.11. The van der Waals surface area contributed by atoms with Gasteiger partial charge in [-0.3, -0.25) is 9.59 Å². The van der Waals surface area contributed by atoms with Gasteiger partial charge < -0.3 is 15.5 Å². The van der Waals surface area contributed by atoms with E-state index >= 15 is 0 Å². The van der Waals surface area contributed by atoms with Crippen molar-refractivity contribution in [2.75, 3.05) is 25.1 Å². The van der Waals surface area contributed by atoms with Crippen LogP contribution in [0.25, 0.3) is 0 Å². The molecule has 0 bridgehead atoms. The third kappa shape index (κ3) is 7.68. The summed E-state index contributed by atoms with van der Waals surface area (Å²) >= 11 is 0. The van der Waals surface area contributed by atoms with Crippen LogP contribution < -0.4 is 10.6 Å². The number of nitrogens with zero attached hydrogens (tertiary/aromatic N) is 1. The molecule has 0 aromatic heterocycles. The normalized spacial score (nSPS) is 25.8. The van der Waals surface area contributed by atoms with Gasteiger partial charge in [-0.2, -0.15) is 13.2 Å². The third-order valence-electron chi connectivity index (χ3n) is 6.78. The Balaban J connectivity index is 1.68. The minimum Gasteiger partial charge on any atom is -0.340 e. The Bertz CT molecular complexity index is 1070. The maximum absolute atomic E-state index is 13.2. The lowest BCUT2D eigenvalue weighted by Gasteiger charge is -2.41. The maximum atomic E-state index is 13.2. The summed E-state index contributed by atoms with van der Waals surface area (Å²) in [6, 6.07) is 3.10. The summed E-state index contributed by atoms with van der Waals surface area (Å²) in [6.45, 7) is 7.51. The van der Waals surface area contributed by atoms with Crippen molar-refractivity contribution in [1.29, 1.82) is 0 Å². The van der Waals surface area contributed by atoms with Gasteiger partial charge in [0, 0.05) is 37.0 Å². The molecule has 1 aliphatic carbocycles. The predicted octanol–water partition coefficient (Wildman–Crippen LogP) is 3.25. The van der Waals surface area contributed by atoms with Crippen LogP contribution in [0.1, 0.15) is 62.4 Å². The van der Waals surface area contributed by atoms with E-state index in [1.807, 2.05) is 0 Å². The highest BCUT2D eigenvalue weighted by atomic mass is 32.2. The van der Waals surface area contributed by atoms with E-state index < -0.39 is 33.5 Å². The summed E-state index contributed by atoms with van der Waals surface area (Å²) in [5.74, 6) is -1.34. The van der Waals surface area contributed by atoms with Crippen molar-refractivity contribution in [3.8, 4) is 0 Å². The number of nitrogens with one attached hydrogen (secondary N) is 2. The van der Waals surface area contributed by atoms with Crippen molar-refractivity contribution in [1.82, 2.24) is 15.5 Å². The molecule has 0 radical (unpaired) electrons. The molecule has 2 fully saturated rings. The van der Waals surface area contributed by atoms with E-state index in [9.17, 15) is 31.2 Å². The highest BCUT2D eigenvalue weighted by Crippen LogP contribution is 2.33. The number of halogens is 3. The lowest BCUT2D eigenvalue weighted by molar-refractivity contribution is -0.137. The topological polar surface area (TPSA) is 95.6 Å². The molecule has 7 nitrogen and oxygen atoms in total. The average molecular weight is 532 g/mol. The van der Waals surface area contributed by atoms with Crippen molar-refractivity contribution in [3.05, 3.63) is 35.4 Å². The fraction of sp³-hybridized carbons (Fsp3) is 0.680. The fourth-order valence-electron chi connectivity index (χ4n) is 5.11. The molecular formula is C25H36F3N3O4S. The molecule has 202 valence electrons. The van der Waals surface area contributed by atoms with Gasteiger partial charge in [0.2, 0.25) is 5.91 Å². The lowest BCUT2D eigenvalue weighted by atomic mass is 9.81. The van der Waals surface area contributed by atoms with Gasteiger partial charge >= 0.3 is 6.18 Å². The van der Waals surface area contributed by atoms with Gasteiger partial charge in [0.25, 0.3) is 5.91 Å². The molecule has 3 rings (SSSR count). The Morgan fingerprint density at radius 2 is 1.83 bits per heavy atom. The number of likely N-dealkylation sites (tertiary alicyclic amines) is 1. The Morgan fingerprint density at radius 3 is 2.44 bits per heavy atom. The zero-order valence-electron chi connectivity index (χ0n) is 21.2. The second-order valence-corrected chi connectivity index (χ2v) is 13.5. The van der Waals surface area contributed by atoms with E-state index in [-0.39, 0.29) is 40.6 Å². The molecule has 36 heavy (non-hydrogen) atoms. The molecule has 0 spiro atoms. The van der Waals surface area contributed by atoms with Gasteiger partial charge in [-0.05, 0) is 55.2 Å². The van der Waals surface area contributed by atoms with Crippen molar-refractivity contribution in [2.24, 2.45) is 11.3 Å². The molecule has 2 N–H and O–H groups in total. The highest BCUT2D eigenvalue weighted by molar-refractivity contribution is 7.90. The van der Waals surface area contributed by atoms with Crippen molar-refractivity contribution >= 4 is 21.7 Å². The monoisotopic (exact) mass is 531 g/mol. The Kier molecular flexibility index (Phi) is 8.44. The Morgan fingerprint density at radius 1 is 1.14 bits per heavy atom. The number of alkyl halides is 3. The number of hydrogen-bond donors (Lipinski definition) is 2. The largest absolute Gasteiger partial charge is 0.416 e. The molecule has 1 saturated heterocycles.